The predicted molar refractivity (Wildman–Crippen MR) is 81.6 cm³/mol. The van der Waals surface area contributed by atoms with Crippen LogP contribution in [0.25, 0.3) is 0 Å². The standard InChI is InChI=1S/C17H20O5/c1-20-13-6-4-5-12(9-13)10-17(16(18)19)11-14(21-2)7-8-15(17)22-3/h4-6,8-9,11H,7,10H2,1-3H3,(H,18,19). The van der Waals surface area contributed by atoms with Crippen LogP contribution < -0.4 is 4.74 Å². The molecule has 0 saturated carbocycles. The molecule has 0 fully saturated rings. The quantitative estimate of drug-likeness (QED) is 0.875. The number of carboxylic acid groups (broad SMARTS) is 1. The van der Waals surface area contributed by atoms with Gasteiger partial charge in [-0.05, 0) is 36.3 Å². The molecule has 0 aromatic heterocycles. The highest BCUT2D eigenvalue weighted by atomic mass is 16.5. The Kier molecular flexibility index (Phi) is 4.75. The van der Waals surface area contributed by atoms with E-state index in [1.54, 1.807) is 19.3 Å². The van der Waals surface area contributed by atoms with Crippen LogP contribution in [-0.2, 0) is 20.7 Å². The van der Waals surface area contributed by atoms with Gasteiger partial charge in [0.05, 0.1) is 27.1 Å². The first-order valence-electron chi connectivity index (χ1n) is 6.92. The fraction of sp³-hybridized carbons (Fsp3) is 0.353. The van der Waals surface area contributed by atoms with Gasteiger partial charge < -0.3 is 19.3 Å². The Balaban J connectivity index is 2.46. The van der Waals surface area contributed by atoms with Crippen molar-refractivity contribution >= 4 is 5.97 Å². The molecule has 1 aliphatic rings. The van der Waals surface area contributed by atoms with Gasteiger partial charge in [0.1, 0.15) is 16.9 Å². The number of carbonyl (C=O) groups is 1. The van der Waals surface area contributed by atoms with Crippen LogP contribution in [0, 0.1) is 5.41 Å². The van der Waals surface area contributed by atoms with Crippen molar-refractivity contribution in [3.05, 3.63) is 53.5 Å². The number of hydrogen-bond donors (Lipinski definition) is 1. The molecule has 2 rings (SSSR count). The average molecular weight is 304 g/mol. The lowest BCUT2D eigenvalue weighted by Crippen LogP contribution is -2.36. The maximum Gasteiger partial charge on any atom is 0.321 e. The maximum atomic E-state index is 12.0. The van der Waals surface area contributed by atoms with E-state index in [1.807, 2.05) is 24.3 Å². The second-order valence-corrected chi connectivity index (χ2v) is 5.10. The van der Waals surface area contributed by atoms with Crippen LogP contribution in [-0.4, -0.2) is 32.4 Å². The number of ether oxygens (including phenoxy) is 3. The molecule has 1 N–H and O–H groups in total. The van der Waals surface area contributed by atoms with Gasteiger partial charge in [-0.3, -0.25) is 4.79 Å². The highest BCUT2D eigenvalue weighted by Crippen LogP contribution is 2.40. The molecule has 0 spiro atoms. The average Bonchev–Trinajstić information content (AvgIpc) is 2.54. The van der Waals surface area contributed by atoms with E-state index < -0.39 is 11.4 Å². The molecular formula is C17H20O5. The molecule has 118 valence electrons. The van der Waals surface area contributed by atoms with Crippen molar-refractivity contribution < 1.29 is 24.1 Å². The Morgan fingerprint density at radius 3 is 2.59 bits per heavy atom. The molecule has 0 saturated heterocycles. The minimum Gasteiger partial charge on any atom is -0.501 e. The smallest absolute Gasteiger partial charge is 0.321 e. The number of aliphatic carboxylic acids is 1. The summed E-state index contributed by atoms with van der Waals surface area (Å²) in [5.41, 5.74) is -0.427. The molecule has 0 bridgehead atoms. The number of allylic oxidation sites excluding steroid dienone is 1. The minimum atomic E-state index is -1.27. The monoisotopic (exact) mass is 304 g/mol. The van der Waals surface area contributed by atoms with E-state index in [2.05, 4.69) is 0 Å². The Bertz CT molecular complexity index is 617. The van der Waals surface area contributed by atoms with Gasteiger partial charge in [0.2, 0.25) is 0 Å². The van der Waals surface area contributed by atoms with Crippen molar-refractivity contribution in [1.29, 1.82) is 0 Å². The largest absolute Gasteiger partial charge is 0.501 e. The Labute approximate surface area is 129 Å². The van der Waals surface area contributed by atoms with E-state index in [-0.39, 0.29) is 6.42 Å². The maximum absolute atomic E-state index is 12.0. The van der Waals surface area contributed by atoms with Gasteiger partial charge in [-0.1, -0.05) is 12.1 Å². The SMILES string of the molecule is COC1=CC(Cc2cccc(OC)c2)(C(=O)O)C(OC)=CC1. The van der Waals surface area contributed by atoms with Crippen LogP contribution >= 0.6 is 0 Å². The van der Waals surface area contributed by atoms with Crippen molar-refractivity contribution in [3.8, 4) is 5.75 Å². The summed E-state index contributed by atoms with van der Waals surface area (Å²) >= 11 is 0. The zero-order valence-electron chi connectivity index (χ0n) is 13.0. The van der Waals surface area contributed by atoms with Gasteiger partial charge in [0.15, 0.2) is 0 Å². The van der Waals surface area contributed by atoms with E-state index in [0.29, 0.717) is 23.7 Å². The third-order valence-corrected chi connectivity index (χ3v) is 3.82. The van der Waals surface area contributed by atoms with Crippen molar-refractivity contribution in [3.63, 3.8) is 0 Å². The van der Waals surface area contributed by atoms with Crippen molar-refractivity contribution in [2.45, 2.75) is 12.8 Å². The van der Waals surface area contributed by atoms with Gasteiger partial charge in [0, 0.05) is 6.42 Å². The molecule has 1 atom stereocenters. The van der Waals surface area contributed by atoms with Crippen LogP contribution in [0.2, 0.25) is 0 Å². The summed E-state index contributed by atoms with van der Waals surface area (Å²) in [6.07, 6.45) is 4.17. The number of methoxy groups -OCH3 is 3. The minimum absolute atomic E-state index is 0.256. The van der Waals surface area contributed by atoms with Crippen LogP contribution in [0.1, 0.15) is 12.0 Å². The molecule has 1 aromatic carbocycles. The molecule has 1 aromatic rings. The second kappa shape index (κ2) is 6.56. The summed E-state index contributed by atoms with van der Waals surface area (Å²) in [5, 5.41) is 9.84. The second-order valence-electron chi connectivity index (χ2n) is 5.10. The Hall–Kier alpha value is -2.43. The zero-order valence-corrected chi connectivity index (χ0v) is 13.0. The number of rotatable bonds is 6. The lowest BCUT2D eigenvalue weighted by atomic mass is 9.76. The van der Waals surface area contributed by atoms with E-state index in [4.69, 9.17) is 14.2 Å². The molecule has 0 radical (unpaired) electrons. The van der Waals surface area contributed by atoms with E-state index in [1.165, 1.54) is 14.2 Å². The third kappa shape index (κ3) is 2.93. The van der Waals surface area contributed by atoms with Gasteiger partial charge >= 0.3 is 5.97 Å². The first-order valence-corrected chi connectivity index (χ1v) is 6.92. The van der Waals surface area contributed by atoms with Gasteiger partial charge in [-0.25, -0.2) is 0 Å². The fourth-order valence-electron chi connectivity index (χ4n) is 2.67. The fourth-order valence-corrected chi connectivity index (χ4v) is 2.67. The van der Waals surface area contributed by atoms with Crippen molar-refractivity contribution in [1.82, 2.24) is 0 Å². The molecule has 5 nitrogen and oxygen atoms in total. The summed E-state index contributed by atoms with van der Waals surface area (Å²) in [5.74, 6) is 0.750. The van der Waals surface area contributed by atoms with Gasteiger partial charge in [-0.15, -0.1) is 0 Å². The highest BCUT2D eigenvalue weighted by molar-refractivity contribution is 5.81. The number of hydrogen-bond acceptors (Lipinski definition) is 4. The van der Waals surface area contributed by atoms with E-state index in [0.717, 1.165) is 5.56 Å². The van der Waals surface area contributed by atoms with Crippen LogP contribution in [0.5, 0.6) is 5.75 Å². The topological polar surface area (TPSA) is 65.0 Å². The van der Waals surface area contributed by atoms with Gasteiger partial charge in [0.25, 0.3) is 0 Å². The van der Waals surface area contributed by atoms with E-state index >= 15 is 0 Å². The van der Waals surface area contributed by atoms with E-state index in [9.17, 15) is 9.90 Å². The molecule has 5 heteroatoms. The molecule has 1 unspecified atom stereocenters. The summed E-state index contributed by atoms with van der Waals surface area (Å²) in [6, 6.07) is 7.35. The summed E-state index contributed by atoms with van der Waals surface area (Å²) in [6.45, 7) is 0. The normalized spacial score (nSPS) is 20.7. The molecule has 22 heavy (non-hydrogen) atoms. The summed E-state index contributed by atoms with van der Waals surface area (Å²) in [7, 11) is 4.60. The Morgan fingerprint density at radius 2 is 2.00 bits per heavy atom. The lowest BCUT2D eigenvalue weighted by Gasteiger charge is -2.31. The number of benzene rings is 1. The highest BCUT2D eigenvalue weighted by Gasteiger charge is 2.44. The molecule has 1 aliphatic carbocycles. The third-order valence-electron chi connectivity index (χ3n) is 3.82. The van der Waals surface area contributed by atoms with Crippen molar-refractivity contribution in [2.24, 2.45) is 5.41 Å². The molecule has 0 heterocycles. The predicted octanol–water partition coefficient (Wildman–Crippen LogP) is 2.77. The van der Waals surface area contributed by atoms with Crippen LogP contribution in [0.4, 0.5) is 0 Å². The van der Waals surface area contributed by atoms with Gasteiger partial charge in [-0.2, -0.15) is 0 Å². The zero-order chi connectivity index (χ0) is 16.2. The van der Waals surface area contributed by atoms with Crippen LogP contribution in [0.3, 0.4) is 0 Å². The number of carboxylic acids is 1. The summed E-state index contributed by atoms with van der Waals surface area (Å²) in [4.78, 5) is 12.0. The summed E-state index contributed by atoms with van der Waals surface area (Å²) < 4.78 is 15.8. The molecule has 0 aliphatic heterocycles. The first-order chi connectivity index (χ1) is 10.6. The molecular weight excluding hydrogens is 284 g/mol. The van der Waals surface area contributed by atoms with Crippen molar-refractivity contribution in [2.75, 3.05) is 21.3 Å². The lowest BCUT2D eigenvalue weighted by molar-refractivity contribution is -0.146. The molecule has 0 amide bonds. The van der Waals surface area contributed by atoms with Crippen LogP contribution in [0.15, 0.2) is 47.9 Å². The Morgan fingerprint density at radius 1 is 1.23 bits per heavy atom. The first kappa shape index (κ1) is 15.9.